The van der Waals surface area contributed by atoms with Crippen LogP contribution >= 0.6 is 0 Å². The highest BCUT2D eigenvalue weighted by Gasteiger charge is 2.37. The van der Waals surface area contributed by atoms with Crippen molar-refractivity contribution in [2.75, 3.05) is 29.9 Å². The van der Waals surface area contributed by atoms with Crippen LogP contribution in [0.3, 0.4) is 0 Å². The number of aromatic nitrogens is 5. The Morgan fingerprint density at radius 3 is 2.45 bits per heavy atom. The van der Waals surface area contributed by atoms with E-state index in [4.69, 9.17) is 10.1 Å². The summed E-state index contributed by atoms with van der Waals surface area (Å²) in [7, 11) is 3.91. The van der Waals surface area contributed by atoms with Crippen LogP contribution in [-0.2, 0) is 7.05 Å². The first kappa shape index (κ1) is 21.1. The van der Waals surface area contributed by atoms with Crippen molar-refractivity contribution in [1.82, 2.24) is 29.4 Å². The average molecular weight is 425 g/mol. The van der Waals surface area contributed by atoms with Crippen molar-refractivity contribution in [3.63, 3.8) is 0 Å². The second kappa shape index (κ2) is 7.25. The normalized spacial score (nSPS) is 15.1. The standard InChI is InChI=1S/C22H32N8O/c1-14(2)30-20-17(27(8)16-12-23-26(7)13-16)11-18(24-19(20)15(3)25-30)28-9-10-29(21(28)31)22(4,5)6/h11-14H,9-10H2,1-8H3. The Morgan fingerprint density at radius 2 is 1.90 bits per heavy atom. The molecule has 2 amide bonds. The van der Waals surface area contributed by atoms with Crippen molar-refractivity contribution in [2.24, 2.45) is 7.05 Å². The summed E-state index contributed by atoms with van der Waals surface area (Å²) in [6.07, 6.45) is 3.80. The summed E-state index contributed by atoms with van der Waals surface area (Å²) < 4.78 is 3.79. The minimum atomic E-state index is -0.232. The van der Waals surface area contributed by atoms with Crippen LogP contribution in [0.4, 0.5) is 22.0 Å². The van der Waals surface area contributed by atoms with Crippen LogP contribution < -0.4 is 9.80 Å². The summed E-state index contributed by atoms with van der Waals surface area (Å²) in [6.45, 7) is 13.7. The number of carbonyl (C=O) groups excluding carboxylic acids is 1. The molecule has 3 aromatic rings. The predicted molar refractivity (Wildman–Crippen MR) is 123 cm³/mol. The molecule has 4 rings (SSSR count). The summed E-state index contributed by atoms with van der Waals surface area (Å²) in [6, 6.07) is 2.16. The molecule has 1 saturated heterocycles. The van der Waals surface area contributed by atoms with Gasteiger partial charge in [-0.05, 0) is 41.5 Å². The molecule has 0 spiro atoms. The van der Waals surface area contributed by atoms with E-state index in [-0.39, 0.29) is 17.6 Å². The van der Waals surface area contributed by atoms with Crippen LogP contribution in [0.15, 0.2) is 18.5 Å². The van der Waals surface area contributed by atoms with E-state index >= 15 is 0 Å². The molecule has 1 aliphatic rings. The summed E-state index contributed by atoms with van der Waals surface area (Å²) in [5.41, 5.74) is 4.30. The monoisotopic (exact) mass is 424 g/mol. The number of urea groups is 1. The molecule has 0 aliphatic carbocycles. The maximum atomic E-state index is 13.2. The van der Waals surface area contributed by atoms with Crippen LogP contribution in [0.1, 0.15) is 46.4 Å². The van der Waals surface area contributed by atoms with E-state index in [0.717, 1.165) is 28.1 Å². The lowest BCUT2D eigenvalue weighted by Crippen LogP contribution is -2.44. The van der Waals surface area contributed by atoms with Gasteiger partial charge in [0.1, 0.15) is 16.9 Å². The van der Waals surface area contributed by atoms with Gasteiger partial charge in [-0.2, -0.15) is 10.2 Å². The molecule has 0 N–H and O–H groups in total. The van der Waals surface area contributed by atoms with E-state index in [1.165, 1.54) is 0 Å². The molecular formula is C22H32N8O. The lowest BCUT2D eigenvalue weighted by atomic mass is 10.1. The Morgan fingerprint density at radius 1 is 1.19 bits per heavy atom. The van der Waals surface area contributed by atoms with Crippen molar-refractivity contribution in [2.45, 2.75) is 53.1 Å². The van der Waals surface area contributed by atoms with E-state index < -0.39 is 0 Å². The zero-order chi connectivity index (χ0) is 22.7. The number of anilines is 3. The van der Waals surface area contributed by atoms with Gasteiger partial charge in [0, 0.05) is 51.0 Å². The van der Waals surface area contributed by atoms with Gasteiger partial charge in [0.05, 0.1) is 23.3 Å². The summed E-state index contributed by atoms with van der Waals surface area (Å²) in [5, 5.41) is 9.09. The zero-order valence-electron chi connectivity index (χ0n) is 19.7. The van der Waals surface area contributed by atoms with Crippen LogP contribution in [0.2, 0.25) is 0 Å². The smallest absolute Gasteiger partial charge is 0.326 e. The van der Waals surface area contributed by atoms with E-state index in [1.807, 2.05) is 49.1 Å². The fourth-order valence-electron chi connectivity index (χ4n) is 4.11. The summed E-state index contributed by atoms with van der Waals surface area (Å²) >= 11 is 0. The van der Waals surface area contributed by atoms with Gasteiger partial charge in [-0.3, -0.25) is 14.3 Å². The van der Waals surface area contributed by atoms with Gasteiger partial charge in [-0.25, -0.2) is 9.78 Å². The second-order valence-corrected chi connectivity index (χ2v) is 9.51. The molecule has 3 aromatic heterocycles. The first-order valence-corrected chi connectivity index (χ1v) is 10.7. The van der Waals surface area contributed by atoms with Crippen molar-refractivity contribution in [1.29, 1.82) is 0 Å². The van der Waals surface area contributed by atoms with Crippen LogP contribution in [0, 0.1) is 6.92 Å². The van der Waals surface area contributed by atoms with E-state index in [2.05, 4.69) is 44.6 Å². The molecule has 4 heterocycles. The Labute approximate surface area is 183 Å². The first-order valence-electron chi connectivity index (χ1n) is 10.7. The second-order valence-electron chi connectivity index (χ2n) is 9.51. The topological polar surface area (TPSA) is 75.3 Å². The number of nitrogens with zero attached hydrogens (tertiary/aromatic N) is 8. The molecule has 0 bridgehead atoms. The Bertz CT molecular complexity index is 1140. The SMILES string of the molecule is Cc1nn(C(C)C)c2c(N(C)c3cnn(C)c3)cc(N3CCN(C(C)(C)C)C3=O)nc12. The minimum Gasteiger partial charge on any atom is -0.340 e. The largest absolute Gasteiger partial charge is 0.340 e. The third kappa shape index (κ3) is 3.51. The summed E-state index contributed by atoms with van der Waals surface area (Å²) in [5.74, 6) is 0.654. The van der Waals surface area contributed by atoms with E-state index in [0.29, 0.717) is 18.9 Å². The van der Waals surface area contributed by atoms with E-state index in [1.54, 1.807) is 9.58 Å². The van der Waals surface area contributed by atoms with Crippen molar-refractivity contribution in [3.8, 4) is 0 Å². The Hall–Kier alpha value is -3.10. The highest BCUT2D eigenvalue weighted by Crippen LogP contribution is 2.37. The molecule has 1 aliphatic heterocycles. The fraction of sp³-hybridized carbons (Fsp3) is 0.545. The number of fused-ring (bicyclic) bond motifs is 1. The molecular weight excluding hydrogens is 392 g/mol. The van der Waals surface area contributed by atoms with Gasteiger partial charge in [-0.1, -0.05) is 0 Å². The van der Waals surface area contributed by atoms with Gasteiger partial charge in [0.15, 0.2) is 0 Å². The van der Waals surface area contributed by atoms with Crippen molar-refractivity contribution in [3.05, 3.63) is 24.2 Å². The third-order valence-corrected chi connectivity index (χ3v) is 5.81. The van der Waals surface area contributed by atoms with Gasteiger partial charge in [-0.15, -0.1) is 0 Å². The predicted octanol–water partition coefficient (Wildman–Crippen LogP) is 3.86. The number of pyridine rings is 1. The molecule has 0 aromatic carbocycles. The lowest BCUT2D eigenvalue weighted by molar-refractivity contribution is 0.173. The fourth-order valence-corrected chi connectivity index (χ4v) is 4.11. The number of hydrogen-bond donors (Lipinski definition) is 0. The quantitative estimate of drug-likeness (QED) is 0.636. The summed E-state index contributed by atoms with van der Waals surface area (Å²) in [4.78, 5) is 23.9. The molecule has 0 saturated carbocycles. The van der Waals surface area contributed by atoms with Gasteiger partial charge < -0.3 is 9.80 Å². The Balaban J connectivity index is 1.89. The number of carbonyl (C=O) groups is 1. The van der Waals surface area contributed by atoms with E-state index in [9.17, 15) is 4.79 Å². The van der Waals surface area contributed by atoms with Crippen LogP contribution in [0.25, 0.3) is 11.0 Å². The molecule has 0 radical (unpaired) electrons. The van der Waals surface area contributed by atoms with Gasteiger partial charge in [0.25, 0.3) is 0 Å². The number of amides is 2. The lowest BCUT2D eigenvalue weighted by Gasteiger charge is -2.31. The maximum Gasteiger partial charge on any atom is 0.326 e. The highest BCUT2D eigenvalue weighted by molar-refractivity contribution is 5.99. The number of aryl methyl sites for hydroxylation is 2. The first-order chi connectivity index (χ1) is 14.5. The molecule has 0 unspecified atom stereocenters. The van der Waals surface area contributed by atoms with Crippen molar-refractivity contribution < 1.29 is 4.79 Å². The molecule has 31 heavy (non-hydrogen) atoms. The van der Waals surface area contributed by atoms with Crippen molar-refractivity contribution >= 4 is 34.3 Å². The van der Waals surface area contributed by atoms with Crippen LogP contribution in [-0.4, -0.2) is 61.2 Å². The number of rotatable bonds is 4. The van der Waals surface area contributed by atoms with Gasteiger partial charge in [0.2, 0.25) is 0 Å². The van der Waals surface area contributed by atoms with Crippen LogP contribution in [0.5, 0.6) is 0 Å². The minimum absolute atomic E-state index is 0.0109. The molecule has 0 atom stereocenters. The maximum absolute atomic E-state index is 13.2. The zero-order valence-corrected chi connectivity index (χ0v) is 19.7. The molecule has 166 valence electrons. The molecule has 9 heteroatoms. The molecule has 9 nitrogen and oxygen atoms in total. The number of hydrogen-bond acceptors (Lipinski definition) is 5. The molecule has 1 fully saturated rings. The third-order valence-electron chi connectivity index (χ3n) is 5.81. The Kier molecular flexibility index (Phi) is 4.94. The highest BCUT2D eigenvalue weighted by atomic mass is 16.2. The van der Waals surface area contributed by atoms with Gasteiger partial charge >= 0.3 is 6.03 Å². The average Bonchev–Trinajstić information content (AvgIpc) is 3.37.